The molecule has 1 atom stereocenters. The average molecular weight is 212 g/mol. The van der Waals surface area contributed by atoms with E-state index in [4.69, 9.17) is 0 Å². The summed E-state index contributed by atoms with van der Waals surface area (Å²) in [4.78, 5) is 6.75. The monoisotopic (exact) mass is 212 g/mol. The summed E-state index contributed by atoms with van der Waals surface area (Å²) in [5.74, 6) is 0.526. The lowest BCUT2D eigenvalue weighted by Gasteiger charge is -2.28. The van der Waals surface area contributed by atoms with Crippen LogP contribution in [0.4, 0.5) is 0 Å². The van der Waals surface area contributed by atoms with Crippen LogP contribution in [-0.2, 0) is 0 Å². The summed E-state index contributed by atoms with van der Waals surface area (Å²) in [6, 6.07) is 0. The van der Waals surface area contributed by atoms with Gasteiger partial charge in [-0.15, -0.1) is 0 Å². The molecule has 78 valence electrons. The molecule has 2 rings (SSSR count). The Balaban J connectivity index is 2.14. The maximum Gasteiger partial charge on any atom is 0.194 e. The lowest BCUT2D eigenvalue weighted by Crippen LogP contribution is -2.30. The molecule has 2 heterocycles. The molecule has 0 bridgehead atoms. The van der Waals surface area contributed by atoms with Gasteiger partial charge in [-0.1, -0.05) is 11.3 Å². The van der Waals surface area contributed by atoms with Crippen molar-refractivity contribution in [1.29, 1.82) is 0 Å². The van der Waals surface area contributed by atoms with Crippen LogP contribution >= 0.6 is 11.3 Å². The first-order valence-corrected chi connectivity index (χ1v) is 5.83. The standard InChI is InChI=1S/C10H16N2OS/c1-7-10(13)14-9(11-7)8-4-3-5-12(2)6-8/h8,13H,3-6H2,1-2H3. The van der Waals surface area contributed by atoms with Crippen molar-refractivity contribution < 1.29 is 5.11 Å². The van der Waals surface area contributed by atoms with Gasteiger partial charge in [0.15, 0.2) is 5.06 Å². The number of likely N-dealkylation sites (N-methyl/N-ethyl adjacent to an activating group) is 1. The number of rotatable bonds is 1. The summed E-state index contributed by atoms with van der Waals surface area (Å²) in [5.41, 5.74) is 0.776. The molecule has 0 spiro atoms. The van der Waals surface area contributed by atoms with Gasteiger partial charge in [-0.25, -0.2) is 4.98 Å². The first-order chi connectivity index (χ1) is 6.66. The molecule has 1 saturated heterocycles. The Hall–Kier alpha value is -0.610. The van der Waals surface area contributed by atoms with Gasteiger partial charge in [0, 0.05) is 12.5 Å². The minimum absolute atomic E-state index is 0.383. The third kappa shape index (κ3) is 1.91. The van der Waals surface area contributed by atoms with Crippen molar-refractivity contribution in [3.8, 4) is 5.06 Å². The summed E-state index contributed by atoms with van der Waals surface area (Å²) in [5, 5.41) is 11.0. The minimum atomic E-state index is 0.383. The Morgan fingerprint density at radius 1 is 1.57 bits per heavy atom. The van der Waals surface area contributed by atoms with Crippen molar-refractivity contribution in [2.75, 3.05) is 20.1 Å². The molecule has 1 aliphatic heterocycles. The molecule has 3 nitrogen and oxygen atoms in total. The molecule has 1 aromatic heterocycles. The zero-order valence-corrected chi connectivity index (χ0v) is 9.47. The molecule has 4 heteroatoms. The van der Waals surface area contributed by atoms with E-state index in [1.165, 1.54) is 30.7 Å². The number of hydrogen-bond donors (Lipinski definition) is 1. The largest absolute Gasteiger partial charge is 0.498 e. The number of aryl methyl sites for hydroxylation is 1. The van der Waals surface area contributed by atoms with Crippen molar-refractivity contribution in [2.45, 2.75) is 25.7 Å². The fourth-order valence-electron chi connectivity index (χ4n) is 1.95. The Labute approximate surface area is 88.4 Å². The molecule has 0 aliphatic carbocycles. The van der Waals surface area contributed by atoms with Crippen LogP contribution in [0, 0.1) is 6.92 Å². The first kappa shape index (κ1) is 9.93. The van der Waals surface area contributed by atoms with Crippen LogP contribution in [-0.4, -0.2) is 35.1 Å². The number of piperidine rings is 1. The van der Waals surface area contributed by atoms with E-state index in [0.29, 0.717) is 11.0 Å². The summed E-state index contributed by atoms with van der Waals surface area (Å²) >= 11 is 1.44. The van der Waals surface area contributed by atoms with Crippen molar-refractivity contribution in [1.82, 2.24) is 9.88 Å². The number of hydrogen-bond acceptors (Lipinski definition) is 4. The molecular weight excluding hydrogens is 196 g/mol. The zero-order valence-electron chi connectivity index (χ0n) is 8.66. The Morgan fingerprint density at radius 3 is 2.93 bits per heavy atom. The van der Waals surface area contributed by atoms with Crippen molar-refractivity contribution in [2.24, 2.45) is 0 Å². The van der Waals surface area contributed by atoms with E-state index in [9.17, 15) is 5.11 Å². The van der Waals surface area contributed by atoms with Gasteiger partial charge in [-0.05, 0) is 33.4 Å². The van der Waals surface area contributed by atoms with Gasteiger partial charge in [-0.2, -0.15) is 0 Å². The predicted molar refractivity (Wildman–Crippen MR) is 58.0 cm³/mol. The van der Waals surface area contributed by atoms with Crippen LogP contribution in [0.3, 0.4) is 0 Å². The van der Waals surface area contributed by atoms with E-state index >= 15 is 0 Å². The molecule has 1 N–H and O–H groups in total. The molecule has 14 heavy (non-hydrogen) atoms. The number of nitrogens with zero attached hydrogens (tertiary/aromatic N) is 2. The molecule has 0 amide bonds. The Kier molecular flexibility index (Phi) is 2.74. The van der Waals surface area contributed by atoms with Crippen LogP contribution < -0.4 is 0 Å². The van der Waals surface area contributed by atoms with E-state index in [-0.39, 0.29) is 0 Å². The van der Waals surface area contributed by atoms with Crippen molar-refractivity contribution in [3.05, 3.63) is 10.7 Å². The minimum Gasteiger partial charge on any atom is -0.498 e. The van der Waals surface area contributed by atoms with Gasteiger partial charge >= 0.3 is 0 Å². The highest BCUT2D eigenvalue weighted by Crippen LogP contribution is 2.34. The molecule has 1 fully saturated rings. The third-order valence-corrected chi connectivity index (χ3v) is 3.88. The van der Waals surface area contributed by atoms with Crippen LogP contribution in [0.1, 0.15) is 29.5 Å². The van der Waals surface area contributed by atoms with Crippen LogP contribution in [0.25, 0.3) is 0 Å². The maximum atomic E-state index is 9.48. The van der Waals surface area contributed by atoms with Crippen LogP contribution in [0.15, 0.2) is 0 Å². The van der Waals surface area contributed by atoms with Gasteiger partial charge in [0.25, 0.3) is 0 Å². The predicted octanol–water partition coefficient (Wildman–Crippen LogP) is 1.97. The normalized spacial score (nSPS) is 24.0. The van der Waals surface area contributed by atoms with Gasteiger partial charge in [0.1, 0.15) is 5.01 Å². The van der Waals surface area contributed by atoms with Crippen LogP contribution in [0.2, 0.25) is 0 Å². The highest BCUT2D eigenvalue weighted by molar-refractivity contribution is 7.13. The summed E-state index contributed by atoms with van der Waals surface area (Å²) in [7, 11) is 2.15. The molecule has 1 aromatic rings. The lowest BCUT2D eigenvalue weighted by atomic mass is 9.99. The van der Waals surface area contributed by atoms with Gasteiger partial charge in [-0.3, -0.25) is 0 Å². The second-order valence-corrected chi connectivity index (χ2v) is 5.05. The number of aromatic nitrogens is 1. The molecule has 1 aliphatic rings. The van der Waals surface area contributed by atoms with Crippen molar-refractivity contribution in [3.63, 3.8) is 0 Å². The second-order valence-electron chi connectivity index (χ2n) is 4.04. The van der Waals surface area contributed by atoms with Gasteiger partial charge in [0.05, 0.1) is 5.69 Å². The second kappa shape index (κ2) is 3.87. The first-order valence-electron chi connectivity index (χ1n) is 5.01. The summed E-state index contributed by atoms with van der Waals surface area (Å²) in [6.07, 6.45) is 2.44. The zero-order chi connectivity index (χ0) is 10.1. The van der Waals surface area contributed by atoms with E-state index in [0.717, 1.165) is 17.2 Å². The smallest absolute Gasteiger partial charge is 0.194 e. The van der Waals surface area contributed by atoms with E-state index < -0.39 is 0 Å². The average Bonchev–Trinajstić information content (AvgIpc) is 2.47. The van der Waals surface area contributed by atoms with Gasteiger partial charge < -0.3 is 10.0 Å². The topological polar surface area (TPSA) is 36.4 Å². The van der Waals surface area contributed by atoms with E-state index in [1.807, 2.05) is 6.92 Å². The SMILES string of the molecule is Cc1nc(C2CCCN(C)C2)sc1O. The number of aromatic hydroxyl groups is 1. The molecular formula is C10H16N2OS. The summed E-state index contributed by atoms with van der Waals surface area (Å²) in [6.45, 7) is 4.13. The van der Waals surface area contributed by atoms with Crippen molar-refractivity contribution >= 4 is 11.3 Å². The van der Waals surface area contributed by atoms with E-state index in [1.54, 1.807) is 0 Å². The fourth-order valence-corrected chi connectivity index (χ4v) is 2.88. The lowest BCUT2D eigenvalue weighted by molar-refractivity contribution is 0.250. The number of thiazole rings is 1. The van der Waals surface area contributed by atoms with Crippen LogP contribution in [0.5, 0.6) is 5.06 Å². The Morgan fingerprint density at radius 2 is 2.36 bits per heavy atom. The highest BCUT2D eigenvalue weighted by Gasteiger charge is 2.22. The quantitative estimate of drug-likeness (QED) is 0.773. The van der Waals surface area contributed by atoms with Gasteiger partial charge in [0.2, 0.25) is 0 Å². The fraction of sp³-hybridized carbons (Fsp3) is 0.700. The summed E-state index contributed by atoms with van der Waals surface area (Å²) < 4.78 is 0. The third-order valence-electron chi connectivity index (χ3n) is 2.76. The maximum absolute atomic E-state index is 9.48. The Bertz CT molecular complexity index is 304. The number of likely N-dealkylation sites (tertiary alicyclic amines) is 1. The molecule has 1 unspecified atom stereocenters. The van der Waals surface area contributed by atoms with E-state index in [2.05, 4.69) is 16.9 Å². The molecule has 0 saturated carbocycles. The molecule has 0 aromatic carbocycles. The molecule has 0 radical (unpaired) electrons. The highest BCUT2D eigenvalue weighted by atomic mass is 32.1.